The minimum atomic E-state index is -3.65. The lowest BCUT2D eigenvalue weighted by Crippen LogP contribution is -2.32. The molecule has 4 aromatic rings. The number of hydrogen-bond acceptors (Lipinski definition) is 6. The van der Waals surface area contributed by atoms with Gasteiger partial charge in [-0.3, -0.25) is 14.6 Å². The van der Waals surface area contributed by atoms with Crippen LogP contribution in [0.5, 0.6) is 0 Å². The first kappa shape index (κ1) is 26.0. The molecule has 2 N–H and O–H groups in total. The molecule has 0 spiro atoms. The van der Waals surface area contributed by atoms with Gasteiger partial charge in [0, 0.05) is 24.3 Å². The molecule has 0 radical (unpaired) electrons. The number of nitrogens with zero attached hydrogens (tertiary/aromatic N) is 3. The number of nitrogens with one attached hydrogen (secondary N) is 2. The standard InChI is InChI=1S/C27H26ClN5O4S/c1-15(23-13-18-7-5-9-21(28)24(18)27(35)33(23)3)30-26(34)25-16(2)29-14-22(31-25)17-6-4-8-20(12-17)38(36,37)32-19-10-11-19/h4-9,12-15,19,32H,10-11H2,1-3H3,(H,30,34)/t15-/m0/s1. The maximum Gasteiger partial charge on any atom is 0.272 e. The number of carbonyl (C=O) groups is 1. The molecule has 9 nitrogen and oxygen atoms in total. The summed E-state index contributed by atoms with van der Waals surface area (Å²) in [6, 6.07) is 12.9. The van der Waals surface area contributed by atoms with Gasteiger partial charge in [0.2, 0.25) is 10.0 Å². The van der Waals surface area contributed by atoms with Crippen LogP contribution in [0.4, 0.5) is 0 Å². The number of aryl methyl sites for hydroxylation is 1. The van der Waals surface area contributed by atoms with Crippen LogP contribution in [0.25, 0.3) is 22.0 Å². The summed E-state index contributed by atoms with van der Waals surface area (Å²) in [5.41, 5.74) is 1.75. The summed E-state index contributed by atoms with van der Waals surface area (Å²) in [6.07, 6.45) is 3.17. The number of pyridine rings is 1. The molecule has 38 heavy (non-hydrogen) atoms. The summed E-state index contributed by atoms with van der Waals surface area (Å²) >= 11 is 6.24. The lowest BCUT2D eigenvalue weighted by molar-refractivity contribution is 0.0932. The van der Waals surface area contributed by atoms with E-state index in [-0.39, 0.29) is 22.2 Å². The smallest absolute Gasteiger partial charge is 0.272 e. The van der Waals surface area contributed by atoms with E-state index >= 15 is 0 Å². The Kier molecular flexibility index (Phi) is 6.81. The van der Waals surface area contributed by atoms with Crippen LogP contribution in [0.1, 0.15) is 47.7 Å². The summed E-state index contributed by atoms with van der Waals surface area (Å²) < 4.78 is 29.5. The Hall–Kier alpha value is -3.60. The second-order valence-corrected chi connectivity index (χ2v) is 11.6. The molecule has 11 heteroatoms. The SMILES string of the molecule is Cc1ncc(-c2cccc(S(=O)(=O)NC3CC3)c2)nc1C(=O)N[C@@H](C)c1cc2cccc(Cl)c2c(=O)n1C. The summed E-state index contributed by atoms with van der Waals surface area (Å²) in [5, 5.41) is 4.38. The molecule has 5 rings (SSSR count). The van der Waals surface area contributed by atoms with Crippen LogP contribution in [0.15, 0.2) is 64.4 Å². The van der Waals surface area contributed by atoms with E-state index in [9.17, 15) is 18.0 Å². The van der Waals surface area contributed by atoms with E-state index in [1.54, 1.807) is 51.2 Å². The van der Waals surface area contributed by atoms with E-state index in [1.165, 1.54) is 22.9 Å². The number of hydrogen-bond donors (Lipinski definition) is 2. The van der Waals surface area contributed by atoms with Crippen molar-refractivity contribution in [1.29, 1.82) is 0 Å². The van der Waals surface area contributed by atoms with Crippen molar-refractivity contribution in [2.45, 2.75) is 43.7 Å². The van der Waals surface area contributed by atoms with Gasteiger partial charge in [0.25, 0.3) is 11.5 Å². The van der Waals surface area contributed by atoms with Crippen molar-refractivity contribution in [1.82, 2.24) is 24.6 Å². The quantitative estimate of drug-likeness (QED) is 0.359. The lowest BCUT2D eigenvalue weighted by Gasteiger charge is -2.19. The molecule has 196 valence electrons. The molecule has 1 aliphatic rings. The van der Waals surface area contributed by atoms with Gasteiger partial charge in [0.05, 0.1) is 38.9 Å². The van der Waals surface area contributed by atoms with E-state index < -0.39 is 22.0 Å². The largest absolute Gasteiger partial charge is 0.343 e. The Morgan fingerprint density at radius 3 is 2.63 bits per heavy atom. The topological polar surface area (TPSA) is 123 Å². The van der Waals surface area contributed by atoms with E-state index in [2.05, 4.69) is 20.0 Å². The first-order chi connectivity index (χ1) is 18.0. The van der Waals surface area contributed by atoms with E-state index in [0.717, 1.165) is 12.8 Å². The molecule has 0 saturated heterocycles. The van der Waals surface area contributed by atoms with Gasteiger partial charge in [-0.15, -0.1) is 0 Å². The van der Waals surface area contributed by atoms with Crippen molar-refractivity contribution >= 4 is 38.3 Å². The van der Waals surface area contributed by atoms with E-state index in [1.807, 2.05) is 6.07 Å². The Labute approximate surface area is 224 Å². The summed E-state index contributed by atoms with van der Waals surface area (Å²) in [5.74, 6) is -0.470. The van der Waals surface area contributed by atoms with Crippen LogP contribution >= 0.6 is 11.6 Å². The number of halogens is 1. The first-order valence-corrected chi connectivity index (χ1v) is 14.0. The average molecular weight is 552 g/mol. The minimum Gasteiger partial charge on any atom is -0.343 e. The van der Waals surface area contributed by atoms with E-state index in [0.29, 0.717) is 38.4 Å². The molecule has 1 amide bonds. The molecular formula is C27H26ClN5O4S. The van der Waals surface area contributed by atoms with Gasteiger partial charge in [-0.25, -0.2) is 18.1 Å². The van der Waals surface area contributed by atoms with Crippen molar-refractivity contribution in [2.75, 3.05) is 0 Å². The van der Waals surface area contributed by atoms with Crippen LogP contribution < -0.4 is 15.6 Å². The fourth-order valence-corrected chi connectivity index (χ4v) is 5.91. The van der Waals surface area contributed by atoms with Crippen molar-refractivity contribution in [3.63, 3.8) is 0 Å². The Balaban J connectivity index is 1.43. The monoisotopic (exact) mass is 551 g/mol. The third-order valence-corrected chi connectivity index (χ3v) is 8.39. The highest BCUT2D eigenvalue weighted by molar-refractivity contribution is 7.89. The van der Waals surface area contributed by atoms with Crippen LogP contribution in [-0.2, 0) is 17.1 Å². The molecule has 2 aromatic carbocycles. The molecule has 0 aliphatic heterocycles. The fourth-order valence-electron chi connectivity index (χ4n) is 4.30. The Morgan fingerprint density at radius 1 is 1.16 bits per heavy atom. The number of amides is 1. The van der Waals surface area contributed by atoms with Crippen LogP contribution in [0.3, 0.4) is 0 Å². The summed E-state index contributed by atoms with van der Waals surface area (Å²) in [4.78, 5) is 35.2. The highest BCUT2D eigenvalue weighted by atomic mass is 35.5. The Bertz CT molecular complexity index is 1750. The number of sulfonamides is 1. The van der Waals surface area contributed by atoms with Crippen molar-refractivity contribution in [3.05, 3.63) is 87.2 Å². The molecule has 0 unspecified atom stereocenters. The first-order valence-electron chi connectivity index (χ1n) is 12.1. The zero-order valence-electron chi connectivity index (χ0n) is 21.0. The molecule has 1 fully saturated rings. The second-order valence-electron chi connectivity index (χ2n) is 9.45. The zero-order chi connectivity index (χ0) is 27.2. The second kappa shape index (κ2) is 9.94. The van der Waals surface area contributed by atoms with Crippen molar-refractivity contribution in [2.24, 2.45) is 7.05 Å². The van der Waals surface area contributed by atoms with Gasteiger partial charge in [-0.2, -0.15) is 0 Å². The van der Waals surface area contributed by atoms with Gasteiger partial charge in [0.15, 0.2) is 0 Å². The number of benzene rings is 2. The fraction of sp³-hybridized carbons (Fsp3) is 0.259. The number of aromatic nitrogens is 3. The van der Waals surface area contributed by atoms with Gasteiger partial charge < -0.3 is 9.88 Å². The zero-order valence-corrected chi connectivity index (χ0v) is 22.6. The minimum absolute atomic E-state index is 0.0146. The molecule has 2 aromatic heterocycles. The number of rotatable bonds is 7. The Morgan fingerprint density at radius 2 is 1.89 bits per heavy atom. The maximum absolute atomic E-state index is 13.3. The number of fused-ring (bicyclic) bond motifs is 1. The van der Waals surface area contributed by atoms with Gasteiger partial charge in [-0.05, 0) is 56.3 Å². The van der Waals surface area contributed by atoms with Crippen LogP contribution in [0.2, 0.25) is 5.02 Å². The summed E-state index contributed by atoms with van der Waals surface area (Å²) in [7, 11) is -2.02. The average Bonchev–Trinajstić information content (AvgIpc) is 3.69. The van der Waals surface area contributed by atoms with Crippen LogP contribution in [-0.4, -0.2) is 34.9 Å². The molecule has 0 bridgehead atoms. The predicted molar refractivity (Wildman–Crippen MR) is 146 cm³/mol. The van der Waals surface area contributed by atoms with Crippen LogP contribution in [0, 0.1) is 6.92 Å². The molecule has 1 aliphatic carbocycles. The maximum atomic E-state index is 13.3. The van der Waals surface area contributed by atoms with Gasteiger partial charge >= 0.3 is 0 Å². The molecule has 1 saturated carbocycles. The molecular weight excluding hydrogens is 526 g/mol. The molecule has 2 heterocycles. The van der Waals surface area contributed by atoms with Crippen molar-refractivity contribution < 1.29 is 13.2 Å². The van der Waals surface area contributed by atoms with Gasteiger partial charge in [-0.1, -0.05) is 35.9 Å². The van der Waals surface area contributed by atoms with Crippen molar-refractivity contribution in [3.8, 4) is 11.3 Å². The number of carbonyl (C=O) groups excluding carboxylic acids is 1. The third kappa shape index (κ3) is 5.07. The highest BCUT2D eigenvalue weighted by Crippen LogP contribution is 2.26. The van der Waals surface area contributed by atoms with Gasteiger partial charge in [0.1, 0.15) is 5.69 Å². The normalized spacial score (nSPS) is 14.4. The predicted octanol–water partition coefficient (Wildman–Crippen LogP) is 3.89. The van der Waals surface area contributed by atoms with E-state index in [4.69, 9.17) is 11.6 Å². The molecule has 1 atom stereocenters. The lowest BCUT2D eigenvalue weighted by atomic mass is 10.1. The summed E-state index contributed by atoms with van der Waals surface area (Å²) in [6.45, 7) is 3.45. The third-order valence-electron chi connectivity index (χ3n) is 6.56. The highest BCUT2D eigenvalue weighted by Gasteiger charge is 2.28.